The van der Waals surface area contributed by atoms with Crippen molar-refractivity contribution >= 4 is 17.8 Å². The lowest BCUT2D eigenvalue weighted by molar-refractivity contribution is 0.437. The first-order chi connectivity index (χ1) is 9.43. The number of hydrogen-bond acceptors (Lipinski definition) is 4. The van der Waals surface area contributed by atoms with Crippen molar-refractivity contribution in [1.29, 1.82) is 0 Å². The Morgan fingerprint density at radius 3 is 2.32 bits per heavy atom. The molecule has 0 atom stereocenters. The van der Waals surface area contributed by atoms with Crippen molar-refractivity contribution in [3.63, 3.8) is 0 Å². The quantitative estimate of drug-likeness (QED) is 0.709. The molecule has 0 aliphatic carbocycles. The molecule has 1 N–H and O–H groups in total. The summed E-state index contributed by atoms with van der Waals surface area (Å²) >= 11 is 1.50. The van der Waals surface area contributed by atoms with Gasteiger partial charge in [-0.3, -0.25) is 4.72 Å². The second kappa shape index (κ2) is 5.63. The lowest BCUT2D eigenvalue weighted by Gasteiger charge is -2.04. The zero-order valence-electron chi connectivity index (χ0n) is 10.1. The molecule has 3 rings (SSSR count). The second-order valence-electron chi connectivity index (χ2n) is 3.95. The van der Waals surface area contributed by atoms with Gasteiger partial charge in [0.2, 0.25) is 5.88 Å². The predicted octanol–water partition coefficient (Wildman–Crippen LogP) is 4.46. The van der Waals surface area contributed by atoms with Crippen molar-refractivity contribution < 1.29 is 4.52 Å². The summed E-state index contributed by atoms with van der Waals surface area (Å²) in [4.78, 5) is 1.12. The van der Waals surface area contributed by atoms with E-state index in [-0.39, 0.29) is 0 Å². The molecule has 4 heteroatoms. The lowest BCUT2D eigenvalue weighted by atomic mass is 10.1. The molecule has 1 heterocycles. The fourth-order valence-corrected chi connectivity index (χ4v) is 2.38. The lowest BCUT2D eigenvalue weighted by Crippen LogP contribution is -1.86. The molecule has 0 spiro atoms. The normalized spacial score (nSPS) is 10.3. The van der Waals surface area contributed by atoms with Crippen molar-refractivity contribution in [1.82, 2.24) is 5.16 Å². The van der Waals surface area contributed by atoms with Crippen LogP contribution in [0.15, 0.2) is 76.3 Å². The highest BCUT2D eigenvalue weighted by Gasteiger charge is 2.09. The Labute approximate surface area is 115 Å². The van der Waals surface area contributed by atoms with Crippen LogP contribution in [-0.2, 0) is 0 Å². The molecule has 1 aromatic heterocycles. The third-order valence-electron chi connectivity index (χ3n) is 2.66. The van der Waals surface area contributed by atoms with Crippen LogP contribution in [0.4, 0.5) is 5.88 Å². The number of aromatic nitrogens is 1. The maximum absolute atomic E-state index is 5.26. The summed E-state index contributed by atoms with van der Waals surface area (Å²) in [5, 5.41) is 3.86. The molecule has 0 radical (unpaired) electrons. The van der Waals surface area contributed by atoms with E-state index in [4.69, 9.17) is 4.52 Å². The number of benzene rings is 2. The molecule has 3 nitrogen and oxygen atoms in total. The van der Waals surface area contributed by atoms with E-state index in [1.807, 2.05) is 60.7 Å². The first-order valence-corrected chi connectivity index (χ1v) is 6.73. The van der Waals surface area contributed by atoms with E-state index in [0.717, 1.165) is 16.0 Å². The van der Waals surface area contributed by atoms with Gasteiger partial charge in [-0.1, -0.05) is 53.7 Å². The summed E-state index contributed by atoms with van der Waals surface area (Å²) in [6.45, 7) is 0. The van der Waals surface area contributed by atoms with Crippen LogP contribution in [0.1, 0.15) is 0 Å². The van der Waals surface area contributed by atoms with E-state index < -0.39 is 0 Å². The number of hydrogen-bond donors (Lipinski definition) is 1. The van der Waals surface area contributed by atoms with Crippen molar-refractivity contribution in [3.8, 4) is 11.1 Å². The van der Waals surface area contributed by atoms with Crippen LogP contribution in [0, 0.1) is 0 Å². The molecule has 19 heavy (non-hydrogen) atoms. The molecule has 0 saturated heterocycles. The molecular weight excluding hydrogens is 256 g/mol. The summed E-state index contributed by atoms with van der Waals surface area (Å²) in [5.74, 6) is 0.667. The van der Waals surface area contributed by atoms with Gasteiger partial charge in [-0.15, -0.1) is 0 Å². The predicted molar refractivity (Wildman–Crippen MR) is 77.9 cm³/mol. The van der Waals surface area contributed by atoms with E-state index >= 15 is 0 Å². The zero-order chi connectivity index (χ0) is 12.9. The van der Waals surface area contributed by atoms with Crippen molar-refractivity contribution in [2.75, 3.05) is 4.72 Å². The van der Waals surface area contributed by atoms with Crippen LogP contribution < -0.4 is 4.72 Å². The summed E-state index contributed by atoms with van der Waals surface area (Å²) in [7, 11) is 0. The second-order valence-corrected chi connectivity index (χ2v) is 4.83. The molecule has 0 unspecified atom stereocenters. The minimum Gasteiger partial charge on any atom is -0.337 e. The standard InChI is InChI=1S/C15H12N2OS/c1-3-7-12(8-4-1)14-11-16-18-15(14)17-19-13-9-5-2-6-10-13/h1-11,17H. The molecule has 3 aromatic rings. The van der Waals surface area contributed by atoms with Gasteiger partial charge >= 0.3 is 0 Å². The fraction of sp³-hybridized carbons (Fsp3) is 0. The van der Waals surface area contributed by atoms with E-state index in [9.17, 15) is 0 Å². The van der Waals surface area contributed by atoms with E-state index in [1.165, 1.54) is 11.9 Å². The van der Waals surface area contributed by atoms with Gasteiger partial charge in [-0.25, -0.2) is 0 Å². The Morgan fingerprint density at radius 1 is 0.895 bits per heavy atom. The zero-order valence-corrected chi connectivity index (χ0v) is 10.9. The smallest absolute Gasteiger partial charge is 0.242 e. The minimum atomic E-state index is 0.667. The van der Waals surface area contributed by atoms with Crippen LogP contribution in [0.3, 0.4) is 0 Å². The summed E-state index contributed by atoms with van der Waals surface area (Å²) in [6.07, 6.45) is 1.73. The van der Waals surface area contributed by atoms with Gasteiger partial charge in [0.05, 0.1) is 11.8 Å². The van der Waals surface area contributed by atoms with Crippen molar-refractivity contribution in [3.05, 3.63) is 66.9 Å². The maximum Gasteiger partial charge on any atom is 0.242 e. The van der Waals surface area contributed by atoms with Gasteiger partial charge in [-0.05, 0) is 29.6 Å². The van der Waals surface area contributed by atoms with Crippen LogP contribution in [0.2, 0.25) is 0 Å². The van der Waals surface area contributed by atoms with Crippen LogP contribution in [-0.4, -0.2) is 5.16 Å². The molecule has 0 fully saturated rings. The highest BCUT2D eigenvalue weighted by atomic mass is 32.2. The van der Waals surface area contributed by atoms with Gasteiger partial charge in [0, 0.05) is 4.90 Å². The molecule has 0 saturated carbocycles. The SMILES string of the molecule is c1ccc(SNc2oncc2-c2ccccc2)cc1. The fourth-order valence-electron chi connectivity index (χ4n) is 1.73. The van der Waals surface area contributed by atoms with Crippen molar-refractivity contribution in [2.45, 2.75) is 4.90 Å². The molecule has 2 aromatic carbocycles. The highest BCUT2D eigenvalue weighted by Crippen LogP contribution is 2.30. The molecular formula is C15H12N2OS. The molecule has 94 valence electrons. The molecule has 0 aliphatic rings. The van der Waals surface area contributed by atoms with Gasteiger partial charge in [0.1, 0.15) is 0 Å². The maximum atomic E-state index is 5.26. The Kier molecular flexibility index (Phi) is 3.51. The average molecular weight is 268 g/mol. The summed E-state index contributed by atoms with van der Waals surface area (Å²) in [5.41, 5.74) is 2.05. The Hall–Kier alpha value is -2.20. The minimum absolute atomic E-state index is 0.667. The molecule has 0 bridgehead atoms. The van der Waals surface area contributed by atoms with Crippen molar-refractivity contribution in [2.24, 2.45) is 0 Å². The van der Waals surface area contributed by atoms with E-state index in [1.54, 1.807) is 6.20 Å². The Balaban J connectivity index is 1.78. The number of rotatable bonds is 4. The van der Waals surface area contributed by atoms with Crippen LogP contribution in [0.25, 0.3) is 11.1 Å². The number of nitrogens with one attached hydrogen (secondary N) is 1. The first-order valence-electron chi connectivity index (χ1n) is 5.91. The van der Waals surface area contributed by atoms with Gasteiger partial charge in [0.25, 0.3) is 0 Å². The van der Waals surface area contributed by atoms with Gasteiger partial charge in [-0.2, -0.15) is 0 Å². The summed E-state index contributed by atoms with van der Waals surface area (Å²) in [6, 6.07) is 20.1. The van der Waals surface area contributed by atoms with E-state index in [2.05, 4.69) is 9.88 Å². The highest BCUT2D eigenvalue weighted by molar-refractivity contribution is 8.00. The Morgan fingerprint density at radius 2 is 1.58 bits per heavy atom. The Bertz CT molecular complexity index is 638. The topological polar surface area (TPSA) is 38.1 Å². The number of nitrogens with zero attached hydrogens (tertiary/aromatic N) is 1. The number of anilines is 1. The monoisotopic (exact) mass is 268 g/mol. The van der Waals surface area contributed by atoms with E-state index in [0.29, 0.717) is 5.88 Å². The summed E-state index contributed by atoms with van der Waals surface area (Å²) < 4.78 is 8.45. The third-order valence-corrected chi connectivity index (χ3v) is 3.46. The van der Waals surface area contributed by atoms with Gasteiger partial charge in [0.15, 0.2) is 0 Å². The largest absolute Gasteiger partial charge is 0.337 e. The van der Waals surface area contributed by atoms with Crippen LogP contribution in [0.5, 0.6) is 0 Å². The molecule has 0 aliphatic heterocycles. The average Bonchev–Trinajstić information content (AvgIpc) is 2.95. The molecule has 0 amide bonds. The van der Waals surface area contributed by atoms with Crippen LogP contribution >= 0.6 is 11.9 Å². The van der Waals surface area contributed by atoms with Gasteiger partial charge < -0.3 is 4.52 Å². The third kappa shape index (κ3) is 2.80. The first kappa shape index (κ1) is 11.9.